The van der Waals surface area contributed by atoms with Gasteiger partial charge in [0.1, 0.15) is 0 Å². The summed E-state index contributed by atoms with van der Waals surface area (Å²) in [4.78, 5) is 27.7. The summed E-state index contributed by atoms with van der Waals surface area (Å²) in [5.74, 6) is -0.277. The molecule has 1 fully saturated rings. The lowest BCUT2D eigenvalue weighted by Gasteiger charge is -2.36. The highest BCUT2D eigenvalue weighted by molar-refractivity contribution is 5.95. The highest BCUT2D eigenvalue weighted by Crippen LogP contribution is 2.19. The molecule has 24 heavy (non-hydrogen) atoms. The first kappa shape index (κ1) is 18.2. The lowest BCUT2D eigenvalue weighted by molar-refractivity contribution is -0.129. The molecule has 130 valence electrons. The minimum Gasteiger partial charge on any atom is -0.368 e. The van der Waals surface area contributed by atoms with Gasteiger partial charge in [0.05, 0.1) is 6.04 Å². The molecular weight excluding hydrogens is 302 g/mol. The Kier molecular flexibility index (Phi) is 6.15. The summed E-state index contributed by atoms with van der Waals surface area (Å²) in [6.07, 6.45) is 2.56. The van der Waals surface area contributed by atoms with Gasteiger partial charge >= 0.3 is 0 Å². The number of hydrogen-bond donors (Lipinski definition) is 1. The summed E-state index contributed by atoms with van der Waals surface area (Å²) in [5, 5.41) is 0. The van der Waals surface area contributed by atoms with Crippen molar-refractivity contribution in [2.24, 2.45) is 5.73 Å². The Bertz CT molecular complexity index is 614. The molecule has 5 heteroatoms. The van der Waals surface area contributed by atoms with Crippen molar-refractivity contribution in [1.82, 2.24) is 9.80 Å². The first-order valence-corrected chi connectivity index (χ1v) is 8.52. The van der Waals surface area contributed by atoms with Crippen LogP contribution in [0.15, 0.2) is 30.3 Å². The summed E-state index contributed by atoms with van der Waals surface area (Å²) in [5.41, 5.74) is 8.70. The Morgan fingerprint density at radius 3 is 2.25 bits per heavy atom. The number of hydrogen-bond acceptors (Lipinski definition) is 3. The van der Waals surface area contributed by atoms with Crippen LogP contribution in [0.25, 0.3) is 5.57 Å². The monoisotopic (exact) mass is 329 g/mol. The fourth-order valence-electron chi connectivity index (χ4n) is 2.91. The number of allylic oxidation sites excluding steroid dienone is 1. The fourth-order valence-corrected chi connectivity index (χ4v) is 2.91. The second kappa shape index (κ2) is 8.11. The van der Waals surface area contributed by atoms with Crippen molar-refractivity contribution < 1.29 is 9.59 Å². The van der Waals surface area contributed by atoms with Crippen molar-refractivity contribution in [2.45, 2.75) is 33.2 Å². The molecule has 5 nitrogen and oxygen atoms in total. The highest BCUT2D eigenvalue weighted by Gasteiger charge is 2.25. The SMILES string of the molecule is CC/C(=C/C(=O)N1CCN(C(C)C(N)=O)CC1)c1ccc(C)cc1. The van der Waals surface area contributed by atoms with E-state index in [4.69, 9.17) is 5.73 Å². The molecular formula is C19H27N3O2. The fraction of sp³-hybridized carbons (Fsp3) is 0.474. The maximum atomic E-state index is 12.6. The molecule has 1 aromatic rings. The molecule has 1 atom stereocenters. The number of rotatable bonds is 5. The van der Waals surface area contributed by atoms with Crippen LogP contribution >= 0.6 is 0 Å². The Labute approximate surface area is 144 Å². The maximum Gasteiger partial charge on any atom is 0.246 e. The number of piperazine rings is 1. The number of carbonyl (C=O) groups is 2. The van der Waals surface area contributed by atoms with Crippen LogP contribution < -0.4 is 5.73 Å². The molecule has 0 radical (unpaired) electrons. The van der Waals surface area contributed by atoms with E-state index in [0.717, 1.165) is 17.6 Å². The Hall–Kier alpha value is -2.14. The topological polar surface area (TPSA) is 66.6 Å². The van der Waals surface area contributed by atoms with Gasteiger partial charge in [-0.15, -0.1) is 0 Å². The largest absolute Gasteiger partial charge is 0.368 e. The number of carbonyl (C=O) groups excluding carboxylic acids is 2. The van der Waals surface area contributed by atoms with Crippen molar-refractivity contribution in [3.8, 4) is 0 Å². The van der Waals surface area contributed by atoms with Crippen LogP contribution in [0.3, 0.4) is 0 Å². The highest BCUT2D eigenvalue weighted by atomic mass is 16.2. The number of amides is 2. The van der Waals surface area contributed by atoms with Gasteiger partial charge in [-0.25, -0.2) is 0 Å². The molecule has 0 aliphatic carbocycles. The smallest absolute Gasteiger partial charge is 0.246 e. The standard InChI is InChI=1S/C19H27N3O2/c1-4-16(17-7-5-14(2)6-8-17)13-18(23)22-11-9-21(10-12-22)15(3)19(20)24/h5-8,13,15H,4,9-12H2,1-3H3,(H2,20,24)/b16-13-. The summed E-state index contributed by atoms with van der Waals surface area (Å²) >= 11 is 0. The maximum absolute atomic E-state index is 12.6. The van der Waals surface area contributed by atoms with Gasteiger partial charge in [-0.05, 0) is 31.4 Å². The molecule has 0 bridgehead atoms. The molecule has 2 rings (SSSR count). The average Bonchev–Trinajstić information content (AvgIpc) is 2.59. The van der Waals surface area contributed by atoms with Crippen LogP contribution in [0.1, 0.15) is 31.4 Å². The van der Waals surface area contributed by atoms with E-state index in [2.05, 4.69) is 38.1 Å². The third-order valence-corrected chi connectivity index (χ3v) is 4.69. The van der Waals surface area contributed by atoms with Crippen molar-refractivity contribution >= 4 is 17.4 Å². The molecule has 0 aromatic heterocycles. The molecule has 1 aliphatic rings. The molecule has 1 unspecified atom stereocenters. The predicted molar refractivity (Wildman–Crippen MR) is 96.3 cm³/mol. The Morgan fingerprint density at radius 2 is 1.75 bits per heavy atom. The zero-order valence-corrected chi connectivity index (χ0v) is 14.8. The van der Waals surface area contributed by atoms with Gasteiger partial charge in [-0.3, -0.25) is 14.5 Å². The van der Waals surface area contributed by atoms with Gasteiger partial charge in [0, 0.05) is 32.3 Å². The Balaban J connectivity index is 2.01. The van der Waals surface area contributed by atoms with Gasteiger partial charge in [0.25, 0.3) is 0 Å². The minimum absolute atomic E-state index is 0.0406. The molecule has 0 saturated carbocycles. The zero-order valence-electron chi connectivity index (χ0n) is 14.8. The quantitative estimate of drug-likeness (QED) is 0.838. The van der Waals surface area contributed by atoms with E-state index in [1.54, 1.807) is 6.08 Å². The van der Waals surface area contributed by atoms with Crippen molar-refractivity contribution in [1.29, 1.82) is 0 Å². The molecule has 0 spiro atoms. The van der Waals surface area contributed by atoms with Gasteiger partial charge in [-0.1, -0.05) is 36.8 Å². The lowest BCUT2D eigenvalue weighted by Crippen LogP contribution is -2.54. The lowest BCUT2D eigenvalue weighted by atomic mass is 10.0. The summed E-state index contributed by atoms with van der Waals surface area (Å²) in [7, 11) is 0. The average molecular weight is 329 g/mol. The minimum atomic E-state index is -0.317. The third kappa shape index (κ3) is 4.45. The van der Waals surface area contributed by atoms with Crippen molar-refractivity contribution in [2.75, 3.05) is 26.2 Å². The summed E-state index contributed by atoms with van der Waals surface area (Å²) in [6, 6.07) is 7.96. The van der Waals surface area contributed by atoms with E-state index in [1.807, 2.05) is 16.7 Å². The number of nitrogens with two attached hydrogens (primary N) is 1. The number of aryl methyl sites for hydroxylation is 1. The third-order valence-electron chi connectivity index (χ3n) is 4.69. The van der Waals surface area contributed by atoms with Crippen LogP contribution in [-0.2, 0) is 9.59 Å². The molecule has 1 aliphatic heterocycles. The van der Waals surface area contributed by atoms with E-state index in [-0.39, 0.29) is 17.9 Å². The second-order valence-electron chi connectivity index (χ2n) is 6.33. The number of benzene rings is 1. The first-order valence-electron chi connectivity index (χ1n) is 8.52. The first-order chi connectivity index (χ1) is 11.4. The van der Waals surface area contributed by atoms with Crippen LogP contribution in [0.5, 0.6) is 0 Å². The predicted octanol–water partition coefficient (Wildman–Crippen LogP) is 1.81. The number of primary amides is 1. The van der Waals surface area contributed by atoms with E-state index >= 15 is 0 Å². The van der Waals surface area contributed by atoms with Gasteiger partial charge in [-0.2, -0.15) is 0 Å². The van der Waals surface area contributed by atoms with Crippen LogP contribution in [-0.4, -0.2) is 53.8 Å². The Morgan fingerprint density at radius 1 is 1.17 bits per heavy atom. The normalized spacial score (nSPS) is 17.6. The van der Waals surface area contributed by atoms with E-state index in [9.17, 15) is 9.59 Å². The number of nitrogens with zero attached hydrogens (tertiary/aromatic N) is 2. The van der Waals surface area contributed by atoms with Crippen molar-refractivity contribution in [3.05, 3.63) is 41.5 Å². The van der Waals surface area contributed by atoms with Gasteiger partial charge in [0.15, 0.2) is 0 Å². The second-order valence-corrected chi connectivity index (χ2v) is 6.33. The summed E-state index contributed by atoms with van der Waals surface area (Å²) in [6.45, 7) is 8.52. The van der Waals surface area contributed by atoms with Gasteiger partial charge < -0.3 is 10.6 Å². The summed E-state index contributed by atoms with van der Waals surface area (Å²) < 4.78 is 0. The van der Waals surface area contributed by atoms with Crippen LogP contribution in [0, 0.1) is 6.92 Å². The van der Waals surface area contributed by atoms with E-state index in [1.165, 1.54) is 5.56 Å². The zero-order chi connectivity index (χ0) is 17.7. The van der Waals surface area contributed by atoms with Gasteiger partial charge in [0.2, 0.25) is 11.8 Å². The van der Waals surface area contributed by atoms with E-state index in [0.29, 0.717) is 26.2 Å². The molecule has 1 aromatic carbocycles. The molecule has 2 amide bonds. The molecule has 1 saturated heterocycles. The van der Waals surface area contributed by atoms with Crippen LogP contribution in [0.2, 0.25) is 0 Å². The molecule has 1 heterocycles. The van der Waals surface area contributed by atoms with Crippen LogP contribution in [0.4, 0.5) is 0 Å². The molecule has 2 N–H and O–H groups in total. The van der Waals surface area contributed by atoms with Crippen molar-refractivity contribution in [3.63, 3.8) is 0 Å². The van der Waals surface area contributed by atoms with E-state index < -0.39 is 0 Å².